The molecule has 3 aromatic rings. The molecule has 0 spiro atoms. The highest BCUT2D eigenvalue weighted by molar-refractivity contribution is 8.00. The van der Waals surface area contributed by atoms with E-state index in [4.69, 9.17) is 4.74 Å². The quantitative estimate of drug-likeness (QED) is 0.562. The van der Waals surface area contributed by atoms with Crippen LogP contribution in [0.25, 0.3) is 10.8 Å². The molecular formula is C16H15N3O2S2. The van der Waals surface area contributed by atoms with Crippen LogP contribution in [0.2, 0.25) is 0 Å². The number of thioether (sulfide) groups is 1. The van der Waals surface area contributed by atoms with Gasteiger partial charge in [-0.05, 0) is 36.1 Å². The summed E-state index contributed by atoms with van der Waals surface area (Å²) in [4.78, 5) is 12.2. The number of hydrogen-bond acceptors (Lipinski definition) is 6. The average Bonchev–Trinajstić information content (AvgIpc) is 3.02. The van der Waals surface area contributed by atoms with Gasteiger partial charge in [-0.15, -0.1) is 10.2 Å². The summed E-state index contributed by atoms with van der Waals surface area (Å²) in [6, 6.07) is 13.8. The van der Waals surface area contributed by atoms with Crippen LogP contribution < -0.4 is 10.1 Å². The molecule has 1 atom stereocenters. The summed E-state index contributed by atoms with van der Waals surface area (Å²) in [6.45, 7) is 1.71. The number of fused-ring (bicyclic) bond motifs is 1. The molecule has 0 aliphatic carbocycles. The second-order valence-corrected chi connectivity index (χ2v) is 6.87. The normalized spacial score (nSPS) is 12.1. The van der Waals surface area contributed by atoms with Gasteiger partial charge in [-0.3, -0.25) is 10.1 Å². The van der Waals surface area contributed by atoms with Gasteiger partial charge in [0.15, 0.2) is 10.4 Å². The maximum absolute atomic E-state index is 12.2. The van der Waals surface area contributed by atoms with Crippen LogP contribution in [0.15, 0.2) is 46.8 Å². The number of amides is 1. The lowest BCUT2D eigenvalue weighted by molar-refractivity contribution is -0.122. The number of aromatic nitrogens is 2. The Labute approximate surface area is 142 Å². The van der Waals surface area contributed by atoms with E-state index >= 15 is 0 Å². The molecule has 1 heterocycles. The Hall–Kier alpha value is -2.12. The Morgan fingerprint density at radius 2 is 2.00 bits per heavy atom. The minimum absolute atomic E-state index is 0.248. The first-order valence-electron chi connectivity index (χ1n) is 6.99. The number of nitrogens with one attached hydrogen (secondary N) is 1. The van der Waals surface area contributed by atoms with Crippen molar-refractivity contribution in [1.29, 1.82) is 0 Å². The Morgan fingerprint density at radius 1 is 1.22 bits per heavy atom. The third-order valence-corrected chi connectivity index (χ3v) is 5.03. The van der Waals surface area contributed by atoms with Gasteiger partial charge in [-0.25, -0.2) is 0 Å². The maximum Gasteiger partial charge on any atom is 0.266 e. The van der Waals surface area contributed by atoms with Crippen LogP contribution in [0.5, 0.6) is 5.75 Å². The minimum Gasteiger partial charge on any atom is -0.481 e. The molecule has 0 bridgehead atoms. The number of ether oxygens (including phenoxy) is 1. The summed E-state index contributed by atoms with van der Waals surface area (Å²) < 4.78 is 6.54. The summed E-state index contributed by atoms with van der Waals surface area (Å²) in [5.41, 5.74) is 0. The standard InChI is InChI=1S/C16H15N3O2S2/c1-10(14(20)17-15-18-19-16(22-2)23-15)21-13-8-7-11-5-3-4-6-12(11)9-13/h3-10H,1-2H3,(H,17,18,20). The molecule has 1 N–H and O–H groups in total. The molecule has 1 unspecified atom stereocenters. The van der Waals surface area contributed by atoms with E-state index in [2.05, 4.69) is 15.5 Å². The van der Waals surface area contributed by atoms with Crippen molar-refractivity contribution in [2.24, 2.45) is 0 Å². The topological polar surface area (TPSA) is 64.1 Å². The van der Waals surface area contributed by atoms with Gasteiger partial charge in [-0.1, -0.05) is 53.4 Å². The minimum atomic E-state index is -0.627. The van der Waals surface area contributed by atoms with Gasteiger partial charge < -0.3 is 4.74 Å². The Kier molecular flexibility index (Phi) is 4.78. The molecule has 3 rings (SSSR count). The largest absolute Gasteiger partial charge is 0.481 e. The van der Waals surface area contributed by atoms with Crippen molar-refractivity contribution in [3.05, 3.63) is 42.5 Å². The summed E-state index contributed by atoms with van der Waals surface area (Å²) >= 11 is 2.83. The van der Waals surface area contributed by atoms with Crippen molar-refractivity contribution >= 4 is 44.9 Å². The zero-order valence-corrected chi connectivity index (χ0v) is 14.3. The predicted octanol–water partition coefficient (Wildman–Crippen LogP) is 3.82. The molecule has 2 aromatic carbocycles. The SMILES string of the molecule is CSc1nnc(NC(=O)C(C)Oc2ccc3ccccc3c2)s1. The van der Waals surface area contributed by atoms with Gasteiger partial charge in [-0.2, -0.15) is 0 Å². The number of anilines is 1. The fourth-order valence-electron chi connectivity index (χ4n) is 2.05. The average molecular weight is 345 g/mol. The molecule has 0 fully saturated rings. The number of carbonyl (C=O) groups excluding carboxylic acids is 1. The molecule has 0 radical (unpaired) electrons. The smallest absolute Gasteiger partial charge is 0.266 e. The lowest BCUT2D eigenvalue weighted by atomic mass is 10.1. The highest BCUT2D eigenvalue weighted by Crippen LogP contribution is 2.24. The van der Waals surface area contributed by atoms with E-state index in [0.29, 0.717) is 10.9 Å². The van der Waals surface area contributed by atoms with Gasteiger partial charge in [0.1, 0.15) is 5.75 Å². The van der Waals surface area contributed by atoms with Gasteiger partial charge in [0, 0.05) is 0 Å². The van der Waals surface area contributed by atoms with Crippen LogP contribution in [-0.2, 0) is 4.79 Å². The summed E-state index contributed by atoms with van der Waals surface area (Å²) in [7, 11) is 0. The third kappa shape index (κ3) is 3.80. The van der Waals surface area contributed by atoms with E-state index < -0.39 is 6.10 Å². The first-order valence-corrected chi connectivity index (χ1v) is 9.03. The summed E-state index contributed by atoms with van der Waals surface area (Å²) in [5, 5.41) is 13.3. The molecule has 1 amide bonds. The van der Waals surface area contributed by atoms with Crippen LogP contribution in [0.4, 0.5) is 5.13 Å². The molecule has 1 aromatic heterocycles. The highest BCUT2D eigenvalue weighted by atomic mass is 32.2. The van der Waals surface area contributed by atoms with Crippen molar-refractivity contribution in [3.8, 4) is 5.75 Å². The maximum atomic E-state index is 12.2. The van der Waals surface area contributed by atoms with E-state index in [9.17, 15) is 4.79 Å². The second kappa shape index (κ2) is 6.97. The van der Waals surface area contributed by atoms with Gasteiger partial charge >= 0.3 is 0 Å². The number of nitrogens with zero attached hydrogens (tertiary/aromatic N) is 2. The van der Waals surface area contributed by atoms with Crippen molar-refractivity contribution in [1.82, 2.24) is 10.2 Å². The lowest BCUT2D eigenvalue weighted by Crippen LogP contribution is -2.30. The molecule has 118 valence electrons. The van der Waals surface area contributed by atoms with Crippen molar-refractivity contribution in [3.63, 3.8) is 0 Å². The molecule has 23 heavy (non-hydrogen) atoms. The fourth-order valence-corrected chi connectivity index (χ4v) is 3.22. The van der Waals surface area contributed by atoms with Crippen molar-refractivity contribution in [2.75, 3.05) is 11.6 Å². The van der Waals surface area contributed by atoms with E-state index in [0.717, 1.165) is 15.1 Å². The Balaban J connectivity index is 1.66. The van der Waals surface area contributed by atoms with Crippen LogP contribution in [0, 0.1) is 0 Å². The molecule has 7 heteroatoms. The number of carbonyl (C=O) groups is 1. The molecule has 0 aliphatic heterocycles. The highest BCUT2D eigenvalue weighted by Gasteiger charge is 2.17. The van der Waals surface area contributed by atoms with Gasteiger partial charge in [0.2, 0.25) is 5.13 Å². The molecular weight excluding hydrogens is 330 g/mol. The van der Waals surface area contributed by atoms with E-state index in [1.165, 1.54) is 23.1 Å². The van der Waals surface area contributed by atoms with Crippen molar-refractivity contribution < 1.29 is 9.53 Å². The summed E-state index contributed by atoms with van der Waals surface area (Å²) in [6.07, 6.45) is 1.29. The van der Waals surface area contributed by atoms with Gasteiger partial charge in [0.05, 0.1) is 0 Å². The molecule has 5 nitrogen and oxygen atoms in total. The molecule has 0 saturated carbocycles. The fraction of sp³-hybridized carbons (Fsp3) is 0.188. The first-order chi connectivity index (χ1) is 11.2. The Bertz CT molecular complexity index is 835. The van der Waals surface area contributed by atoms with Crippen LogP contribution in [0.3, 0.4) is 0 Å². The molecule has 0 saturated heterocycles. The second-order valence-electron chi connectivity index (χ2n) is 4.84. The number of rotatable bonds is 5. The van der Waals surface area contributed by atoms with E-state index in [-0.39, 0.29) is 5.91 Å². The third-order valence-electron chi connectivity index (χ3n) is 3.21. The lowest BCUT2D eigenvalue weighted by Gasteiger charge is -2.14. The Morgan fingerprint density at radius 3 is 2.74 bits per heavy atom. The molecule has 0 aliphatic rings. The van der Waals surface area contributed by atoms with Gasteiger partial charge in [0.25, 0.3) is 5.91 Å². The zero-order valence-electron chi connectivity index (χ0n) is 12.6. The zero-order chi connectivity index (χ0) is 16.2. The van der Waals surface area contributed by atoms with Crippen LogP contribution in [0.1, 0.15) is 6.92 Å². The first kappa shape index (κ1) is 15.8. The number of benzene rings is 2. The van der Waals surface area contributed by atoms with Crippen LogP contribution >= 0.6 is 23.1 Å². The van der Waals surface area contributed by atoms with E-state index in [1.54, 1.807) is 6.92 Å². The predicted molar refractivity (Wildman–Crippen MR) is 94.4 cm³/mol. The summed E-state index contributed by atoms with van der Waals surface area (Å²) in [5.74, 6) is 0.412. The van der Waals surface area contributed by atoms with Crippen molar-refractivity contribution in [2.45, 2.75) is 17.4 Å². The monoisotopic (exact) mass is 345 g/mol. The van der Waals surface area contributed by atoms with Crippen LogP contribution in [-0.4, -0.2) is 28.5 Å². The number of hydrogen-bond donors (Lipinski definition) is 1. The van der Waals surface area contributed by atoms with E-state index in [1.807, 2.05) is 48.7 Å².